The summed E-state index contributed by atoms with van der Waals surface area (Å²) in [6.45, 7) is 2.35. The van der Waals surface area contributed by atoms with E-state index < -0.39 is 0 Å². The Morgan fingerprint density at radius 1 is 0.421 bits per heavy atom. The van der Waals surface area contributed by atoms with Crippen LogP contribution in [-0.4, -0.2) is 9.13 Å². The number of allylic oxidation sites excluding steroid dienone is 5. The van der Waals surface area contributed by atoms with Gasteiger partial charge in [-0.2, -0.15) is 0 Å². The van der Waals surface area contributed by atoms with Gasteiger partial charge < -0.3 is 9.13 Å². The molecule has 0 amide bonds. The second-order valence-corrected chi connectivity index (χ2v) is 15.7. The summed E-state index contributed by atoms with van der Waals surface area (Å²) in [5.74, 6) is 0.450. The van der Waals surface area contributed by atoms with Crippen molar-refractivity contribution in [2.75, 3.05) is 0 Å². The summed E-state index contributed by atoms with van der Waals surface area (Å²) in [6, 6.07) is 60.6. The monoisotopic (exact) mass is 730 g/mol. The summed E-state index contributed by atoms with van der Waals surface area (Å²) < 4.78 is 4.91. The minimum atomic E-state index is 0.450. The normalized spacial score (nSPS) is 15.0. The van der Waals surface area contributed by atoms with E-state index in [9.17, 15) is 0 Å². The zero-order valence-electron chi connectivity index (χ0n) is 32.1. The molecule has 1 atom stereocenters. The van der Waals surface area contributed by atoms with E-state index in [1.165, 1.54) is 94.2 Å². The topological polar surface area (TPSA) is 9.86 Å². The highest BCUT2D eigenvalue weighted by Gasteiger charge is 2.24. The van der Waals surface area contributed by atoms with Crippen LogP contribution < -0.4 is 0 Å². The van der Waals surface area contributed by atoms with Gasteiger partial charge in [0.1, 0.15) is 0 Å². The molecular formula is C55H42N2. The number of hydrogen-bond acceptors (Lipinski definition) is 0. The second kappa shape index (κ2) is 13.7. The van der Waals surface area contributed by atoms with E-state index in [0.29, 0.717) is 5.92 Å². The maximum absolute atomic E-state index is 2.48. The van der Waals surface area contributed by atoms with Gasteiger partial charge in [0.25, 0.3) is 0 Å². The van der Waals surface area contributed by atoms with Gasteiger partial charge in [0.2, 0.25) is 0 Å². The molecule has 9 aromatic rings. The van der Waals surface area contributed by atoms with Gasteiger partial charge in [-0.3, -0.25) is 0 Å². The Kier molecular flexibility index (Phi) is 8.03. The molecule has 0 aliphatic heterocycles. The van der Waals surface area contributed by atoms with Gasteiger partial charge >= 0.3 is 0 Å². The minimum Gasteiger partial charge on any atom is -0.313 e. The van der Waals surface area contributed by atoms with Crippen LogP contribution in [0.2, 0.25) is 0 Å². The summed E-state index contributed by atoms with van der Waals surface area (Å²) in [5.41, 5.74) is 18.8. The van der Waals surface area contributed by atoms with Crippen LogP contribution >= 0.6 is 0 Å². The van der Waals surface area contributed by atoms with Crippen molar-refractivity contribution >= 4 is 44.4 Å². The number of aromatic nitrogens is 2. The van der Waals surface area contributed by atoms with Crippen LogP contribution in [0.3, 0.4) is 0 Å². The Balaban J connectivity index is 1.00. The van der Waals surface area contributed by atoms with Crippen LogP contribution in [-0.2, 0) is 0 Å². The fourth-order valence-electron chi connectivity index (χ4n) is 9.35. The molecule has 0 bridgehead atoms. The molecule has 2 heterocycles. The maximum Gasteiger partial charge on any atom is 0.0541 e. The average molecular weight is 731 g/mol. The van der Waals surface area contributed by atoms with Crippen LogP contribution in [0, 0.1) is 0 Å². The van der Waals surface area contributed by atoms with E-state index in [-0.39, 0.29) is 0 Å². The van der Waals surface area contributed by atoms with Crippen molar-refractivity contribution in [2.24, 2.45) is 0 Å². The molecule has 0 fully saturated rings. The van der Waals surface area contributed by atoms with Crippen molar-refractivity contribution in [2.45, 2.75) is 32.1 Å². The van der Waals surface area contributed by atoms with Gasteiger partial charge in [0.15, 0.2) is 0 Å². The standard InChI is InChI=1S/C55H42N2/c1-37-14-13-22-49-51-36-42(27-31-54(51)57(55(37)49)46-19-9-4-10-20-46)41-26-30-53-50(35-41)48-21-11-12-23-52(48)56(53)47-28-24-40(25-29-47)45-33-43(38-15-5-2-6-16-38)32-44(34-45)39-17-7-3-8-18-39/h2,4-7,9-13,15-37H,3,8,14H2,1H3. The first-order chi connectivity index (χ1) is 28.2. The Hall–Kier alpha value is -6.90. The lowest BCUT2D eigenvalue weighted by atomic mass is 9.91. The predicted molar refractivity (Wildman–Crippen MR) is 242 cm³/mol. The van der Waals surface area contributed by atoms with Crippen molar-refractivity contribution in [3.05, 3.63) is 205 Å². The highest BCUT2D eigenvalue weighted by atomic mass is 15.0. The van der Waals surface area contributed by atoms with Crippen molar-refractivity contribution in [1.82, 2.24) is 9.13 Å². The van der Waals surface area contributed by atoms with E-state index >= 15 is 0 Å². The van der Waals surface area contributed by atoms with E-state index in [2.05, 4.69) is 210 Å². The second-order valence-electron chi connectivity index (χ2n) is 15.7. The van der Waals surface area contributed by atoms with Gasteiger partial charge in [-0.1, -0.05) is 128 Å². The van der Waals surface area contributed by atoms with Crippen molar-refractivity contribution in [1.29, 1.82) is 0 Å². The Bertz CT molecular complexity index is 3080. The number of nitrogens with zero attached hydrogens (tertiary/aromatic N) is 2. The quantitative estimate of drug-likeness (QED) is 0.161. The number of para-hydroxylation sites is 2. The molecule has 7 aromatic carbocycles. The van der Waals surface area contributed by atoms with E-state index in [1.807, 2.05) is 0 Å². The molecule has 11 rings (SSSR count). The maximum atomic E-state index is 2.48. The van der Waals surface area contributed by atoms with Gasteiger partial charge in [0, 0.05) is 44.7 Å². The van der Waals surface area contributed by atoms with Gasteiger partial charge in [0.05, 0.1) is 16.6 Å². The molecule has 0 N–H and O–H groups in total. The molecule has 272 valence electrons. The summed E-state index contributed by atoms with van der Waals surface area (Å²) in [4.78, 5) is 0. The van der Waals surface area contributed by atoms with Crippen LogP contribution in [0.5, 0.6) is 0 Å². The third-order valence-corrected chi connectivity index (χ3v) is 12.1. The fourth-order valence-corrected chi connectivity index (χ4v) is 9.35. The number of benzene rings is 7. The Morgan fingerprint density at radius 2 is 1.02 bits per heavy atom. The summed E-state index contributed by atoms with van der Waals surface area (Å²) in [6.07, 6.45) is 14.9. The van der Waals surface area contributed by atoms with Crippen LogP contribution in [0.25, 0.3) is 89.1 Å². The first-order valence-electron chi connectivity index (χ1n) is 20.3. The van der Waals surface area contributed by atoms with E-state index in [4.69, 9.17) is 0 Å². The van der Waals surface area contributed by atoms with Gasteiger partial charge in [-0.15, -0.1) is 0 Å². The third kappa shape index (κ3) is 5.71. The molecule has 0 saturated heterocycles. The SMILES string of the molecule is CC1CC=Cc2c1n(-c1ccccc1)c1ccc(-c3ccc4c(c3)c3ccccc3n4-c3ccc(-c4cc(C5=CCCC=C5)cc(-c5ccccc5)c4)cc3)cc21. The molecule has 2 nitrogen and oxygen atoms in total. The largest absolute Gasteiger partial charge is 0.313 e. The first kappa shape index (κ1) is 33.4. The summed E-state index contributed by atoms with van der Waals surface area (Å²) in [7, 11) is 0. The predicted octanol–water partition coefficient (Wildman–Crippen LogP) is 15.0. The summed E-state index contributed by atoms with van der Waals surface area (Å²) in [5, 5.41) is 3.83. The molecule has 0 saturated carbocycles. The molecule has 2 aliphatic rings. The fraction of sp³-hybridized carbons (Fsp3) is 0.0909. The zero-order chi connectivity index (χ0) is 37.9. The Morgan fingerprint density at radius 3 is 1.75 bits per heavy atom. The number of fused-ring (bicyclic) bond motifs is 6. The molecule has 0 radical (unpaired) electrons. The molecule has 2 aromatic heterocycles. The molecule has 1 unspecified atom stereocenters. The molecular weight excluding hydrogens is 689 g/mol. The van der Waals surface area contributed by atoms with E-state index in [1.54, 1.807) is 0 Å². The molecule has 2 aliphatic carbocycles. The van der Waals surface area contributed by atoms with Crippen molar-refractivity contribution in [3.8, 4) is 44.8 Å². The zero-order valence-corrected chi connectivity index (χ0v) is 32.1. The van der Waals surface area contributed by atoms with Gasteiger partial charge in [-0.25, -0.2) is 0 Å². The molecule has 57 heavy (non-hydrogen) atoms. The van der Waals surface area contributed by atoms with Crippen LogP contribution in [0.4, 0.5) is 0 Å². The third-order valence-electron chi connectivity index (χ3n) is 12.1. The van der Waals surface area contributed by atoms with E-state index in [0.717, 1.165) is 24.9 Å². The highest BCUT2D eigenvalue weighted by Crippen LogP contribution is 2.42. The highest BCUT2D eigenvalue weighted by molar-refractivity contribution is 6.11. The molecule has 2 heteroatoms. The van der Waals surface area contributed by atoms with Crippen LogP contribution in [0.1, 0.15) is 48.9 Å². The van der Waals surface area contributed by atoms with Crippen LogP contribution in [0.15, 0.2) is 188 Å². The lowest BCUT2D eigenvalue weighted by Crippen LogP contribution is -2.06. The average Bonchev–Trinajstić information content (AvgIpc) is 3.80. The Labute approximate surface area is 334 Å². The number of hydrogen-bond donors (Lipinski definition) is 0. The van der Waals surface area contributed by atoms with Crippen molar-refractivity contribution in [3.63, 3.8) is 0 Å². The van der Waals surface area contributed by atoms with Crippen molar-refractivity contribution < 1.29 is 0 Å². The summed E-state index contributed by atoms with van der Waals surface area (Å²) >= 11 is 0. The smallest absolute Gasteiger partial charge is 0.0541 e. The lowest BCUT2D eigenvalue weighted by molar-refractivity contribution is 0.723. The lowest BCUT2D eigenvalue weighted by Gasteiger charge is -2.19. The van der Waals surface area contributed by atoms with Gasteiger partial charge in [-0.05, 0) is 137 Å². The number of rotatable bonds is 6. The first-order valence-corrected chi connectivity index (χ1v) is 20.3. The molecule has 0 spiro atoms. The minimum absolute atomic E-state index is 0.450.